The fourth-order valence-corrected chi connectivity index (χ4v) is 7.77. The summed E-state index contributed by atoms with van der Waals surface area (Å²) in [5, 5.41) is 2.18. The van der Waals surface area contributed by atoms with Crippen molar-refractivity contribution >= 4 is 21.9 Å². The third-order valence-electron chi connectivity index (χ3n) is 9.97. The molecular formula is C47H29NO. The number of furan rings is 1. The first-order chi connectivity index (χ1) is 24.3. The molecule has 2 nitrogen and oxygen atoms in total. The molecule has 0 bridgehead atoms. The summed E-state index contributed by atoms with van der Waals surface area (Å²) in [6.07, 6.45) is 1.89. The molecule has 0 fully saturated rings. The SMILES string of the molecule is c1ccc(-c2ccccc2-c2nccc3c2oc2ccccc23)c(-c2ccc3c(c2)-c2ccccc2-c2ccccc2-c2ccccc2-3)c1. The van der Waals surface area contributed by atoms with Crippen LogP contribution in [0.3, 0.4) is 0 Å². The zero-order valence-electron chi connectivity index (χ0n) is 26.6. The Hall–Kier alpha value is -6.51. The predicted molar refractivity (Wildman–Crippen MR) is 203 cm³/mol. The lowest BCUT2D eigenvalue weighted by molar-refractivity contribution is 0.668. The van der Waals surface area contributed by atoms with Crippen molar-refractivity contribution in [1.82, 2.24) is 4.98 Å². The van der Waals surface area contributed by atoms with Crippen LogP contribution in [0.2, 0.25) is 0 Å². The van der Waals surface area contributed by atoms with E-state index in [0.29, 0.717) is 0 Å². The molecule has 1 aliphatic rings. The number of para-hydroxylation sites is 1. The summed E-state index contributed by atoms with van der Waals surface area (Å²) in [5.74, 6) is 0. The molecule has 7 aromatic carbocycles. The van der Waals surface area contributed by atoms with Gasteiger partial charge in [0.1, 0.15) is 11.3 Å². The van der Waals surface area contributed by atoms with E-state index in [1.54, 1.807) is 0 Å². The average molecular weight is 624 g/mol. The van der Waals surface area contributed by atoms with E-state index in [1.807, 2.05) is 24.4 Å². The highest BCUT2D eigenvalue weighted by atomic mass is 16.3. The van der Waals surface area contributed by atoms with Crippen molar-refractivity contribution in [2.24, 2.45) is 0 Å². The summed E-state index contributed by atoms with van der Waals surface area (Å²) >= 11 is 0. The van der Waals surface area contributed by atoms with Gasteiger partial charge in [-0.05, 0) is 85.0 Å². The third kappa shape index (κ3) is 4.31. The maximum atomic E-state index is 6.45. The first-order valence-electron chi connectivity index (χ1n) is 16.7. The van der Waals surface area contributed by atoms with Gasteiger partial charge in [-0.15, -0.1) is 0 Å². The van der Waals surface area contributed by atoms with Crippen molar-refractivity contribution in [3.05, 3.63) is 176 Å². The third-order valence-corrected chi connectivity index (χ3v) is 9.97. The van der Waals surface area contributed by atoms with Gasteiger partial charge in [0.25, 0.3) is 0 Å². The zero-order valence-corrected chi connectivity index (χ0v) is 26.6. The van der Waals surface area contributed by atoms with E-state index in [2.05, 4.69) is 152 Å². The minimum Gasteiger partial charge on any atom is -0.454 e. The van der Waals surface area contributed by atoms with Crippen LogP contribution in [0.4, 0.5) is 0 Å². The Morgan fingerprint density at radius 2 is 0.755 bits per heavy atom. The Morgan fingerprint density at radius 3 is 1.35 bits per heavy atom. The Bertz CT molecular complexity index is 2730. The number of aromatic nitrogens is 1. The van der Waals surface area contributed by atoms with E-state index < -0.39 is 0 Å². The first-order valence-corrected chi connectivity index (χ1v) is 16.7. The van der Waals surface area contributed by atoms with E-state index in [0.717, 1.165) is 44.3 Å². The Labute approximate surface area is 284 Å². The van der Waals surface area contributed by atoms with Crippen molar-refractivity contribution in [2.45, 2.75) is 0 Å². The van der Waals surface area contributed by atoms with E-state index in [1.165, 1.54) is 55.6 Å². The van der Waals surface area contributed by atoms with Crippen molar-refractivity contribution in [3.8, 4) is 78.0 Å². The topological polar surface area (TPSA) is 26.0 Å². The van der Waals surface area contributed by atoms with Gasteiger partial charge in [-0.2, -0.15) is 0 Å². The van der Waals surface area contributed by atoms with E-state index in [4.69, 9.17) is 9.40 Å². The number of hydrogen-bond acceptors (Lipinski definition) is 2. The van der Waals surface area contributed by atoms with Crippen molar-refractivity contribution < 1.29 is 4.42 Å². The largest absolute Gasteiger partial charge is 0.454 e. The minimum absolute atomic E-state index is 0.810. The lowest BCUT2D eigenvalue weighted by atomic mass is 9.80. The number of pyridine rings is 1. The van der Waals surface area contributed by atoms with Crippen LogP contribution >= 0.6 is 0 Å². The molecule has 0 atom stereocenters. The van der Waals surface area contributed by atoms with Crippen LogP contribution in [0.5, 0.6) is 0 Å². The molecule has 2 heteroatoms. The molecular weight excluding hydrogens is 595 g/mol. The molecule has 0 radical (unpaired) electrons. The van der Waals surface area contributed by atoms with Gasteiger partial charge < -0.3 is 4.42 Å². The van der Waals surface area contributed by atoms with Crippen LogP contribution in [0.1, 0.15) is 0 Å². The quantitative estimate of drug-likeness (QED) is 0.196. The van der Waals surface area contributed by atoms with Gasteiger partial charge in [-0.1, -0.05) is 152 Å². The van der Waals surface area contributed by atoms with Gasteiger partial charge in [0.2, 0.25) is 0 Å². The molecule has 10 rings (SSSR count). The van der Waals surface area contributed by atoms with E-state index in [-0.39, 0.29) is 0 Å². The number of rotatable bonds is 3. The fraction of sp³-hybridized carbons (Fsp3) is 0. The molecule has 0 spiro atoms. The van der Waals surface area contributed by atoms with E-state index in [9.17, 15) is 0 Å². The first kappa shape index (κ1) is 27.6. The summed E-state index contributed by atoms with van der Waals surface area (Å²) in [6, 6.07) is 60.9. The van der Waals surface area contributed by atoms with Gasteiger partial charge in [0.05, 0.1) is 0 Å². The highest BCUT2D eigenvalue weighted by Crippen LogP contribution is 2.49. The monoisotopic (exact) mass is 623 g/mol. The second kappa shape index (κ2) is 11.0. The lowest BCUT2D eigenvalue weighted by Gasteiger charge is -2.24. The smallest absolute Gasteiger partial charge is 0.161 e. The van der Waals surface area contributed by atoms with Gasteiger partial charge in [-0.3, -0.25) is 4.98 Å². The fourth-order valence-electron chi connectivity index (χ4n) is 7.77. The van der Waals surface area contributed by atoms with Crippen molar-refractivity contribution in [1.29, 1.82) is 0 Å². The average Bonchev–Trinajstić information content (AvgIpc) is 3.56. The van der Waals surface area contributed by atoms with Crippen LogP contribution in [-0.2, 0) is 0 Å². The molecule has 0 N–H and O–H groups in total. The molecule has 2 aromatic heterocycles. The molecule has 2 heterocycles. The van der Waals surface area contributed by atoms with Crippen LogP contribution in [0, 0.1) is 0 Å². The van der Waals surface area contributed by atoms with Crippen LogP contribution < -0.4 is 0 Å². The molecule has 49 heavy (non-hydrogen) atoms. The summed E-state index contributed by atoms with van der Waals surface area (Å²) in [5.41, 5.74) is 18.1. The maximum Gasteiger partial charge on any atom is 0.161 e. The summed E-state index contributed by atoms with van der Waals surface area (Å²) < 4.78 is 6.45. The normalized spacial score (nSPS) is 11.7. The standard InChI is InChI=1S/C47H29NO/c1-2-14-32(38-20-9-10-23-42(38)46-47-43(27-28-48-46)41-22-11-12-24-45(41)49-47)31(13-1)30-25-26-40-37-19-6-5-17-35(37)33-15-3-4-16-34(33)36-18-7-8-21-39(36)44(40)29-30/h1-29H. The van der Waals surface area contributed by atoms with Gasteiger partial charge >= 0.3 is 0 Å². The summed E-state index contributed by atoms with van der Waals surface area (Å²) in [4.78, 5) is 4.91. The molecule has 9 aromatic rings. The molecule has 1 aliphatic carbocycles. The van der Waals surface area contributed by atoms with Gasteiger partial charge in [0.15, 0.2) is 5.58 Å². The Balaban J connectivity index is 1.19. The molecule has 0 unspecified atom stereocenters. The van der Waals surface area contributed by atoms with Crippen LogP contribution in [0.25, 0.3) is 100.0 Å². The maximum absolute atomic E-state index is 6.45. The molecule has 0 saturated carbocycles. The molecule has 228 valence electrons. The van der Waals surface area contributed by atoms with Gasteiger partial charge in [-0.25, -0.2) is 0 Å². The highest BCUT2D eigenvalue weighted by Gasteiger charge is 2.23. The number of nitrogens with zero attached hydrogens (tertiary/aromatic N) is 1. The second-order valence-electron chi connectivity index (χ2n) is 12.6. The second-order valence-corrected chi connectivity index (χ2v) is 12.6. The molecule has 0 amide bonds. The predicted octanol–water partition coefficient (Wildman–Crippen LogP) is 13.0. The van der Waals surface area contributed by atoms with Crippen molar-refractivity contribution in [3.63, 3.8) is 0 Å². The number of benzene rings is 7. The van der Waals surface area contributed by atoms with Crippen molar-refractivity contribution in [2.75, 3.05) is 0 Å². The highest BCUT2D eigenvalue weighted by molar-refractivity contribution is 6.10. The number of hydrogen-bond donors (Lipinski definition) is 0. The minimum atomic E-state index is 0.810. The molecule has 0 saturated heterocycles. The van der Waals surface area contributed by atoms with Crippen LogP contribution in [0.15, 0.2) is 180 Å². The lowest BCUT2D eigenvalue weighted by Crippen LogP contribution is -1.97. The van der Waals surface area contributed by atoms with Gasteiger partial charge in [0, 0.05) is 22.5 Å². The molecule has 0 aliphatic heterocycles. The Kier molecular flexibility index (Phi) is 6.22. The number of fused-ring (bicyclic) bond motifs is 11. The van der Waals surface area contributed by atoms with Crippen LogP contribution in [-0.4, -0.2) is 4.98 Å². The summed E-state index contributed by atoms with van der Waals surface area (Å²) in [7, 11) is 0. The Morgan fingerprint density at radius 1 is 0.327 bits per heavy atom. The van der Waals surface area contributed by atoms with E-state index >= 15 is 0 Å². The summed E-state index contributed by atoms with van der Waals surface area (Å²) in [6.45, 7) is 0. The zero-order chi connectivity index (χ0) is 32.3.